The SMILES string of the molecule is CC(C)(C)c1ccc(N2c3cccc4c3B(c3sc5cc(C(C)(C)C)ccc5c32)c2sc3cc(C(C)(C)C)ccc3c2N4c2ccc3c(c2)C(C)(C)CCC3(C)C)cc1. The number of anilines is 6. The normalized spacial score (nSPS) is 16.9. The molecule has 0 atom stereocenters. The van der Waals surface area contributed by atoms with Gasteiger partial charge in [0.05, 0.1) is 11.4 Å². The summed E-state index contributed by atoms with van der Waals surface area (Å²) in [5.41, 5.74) is 16.7. The fourth-order valence-corrected chi connectivity index (χ4v) is 13.0. The van der Waals surface area contributed by atoms with Crippen molar-refractivity contribution in [1.82, 2.24) is 0 Å². The molecule has 2 nitrogen and oxygen atoms in total. The van der Waals surface area contributed by atoms with Crippen LogP contribution >= 0.6 is 22.7 Å². The smallest absolute Gasteiger partial charge is 0.277 e. The zero-order valence-corrected chi connectivity index (χ0v) is 39.1. The van der Waals surface area contributed by atoms with Gasteiger partial charge in [0.2, 0.25) is 0 Å². The summed E-state index contributed by atoms with van der Waals surface area (Å²) in [5.74, 6) is 0. The van der Waals surface area contributed by atoms with Crippen molar-refractivity contribution in [1.29, 1.82) is 0 Å². The lowest BCUT2D eigenvalue weighted by Gasteiger charge is -2.44. The van der Waals surface area contributed by atoms with Crippen molar-refractivity contribution in [2.75, 3.05) is 9.80 Å². The summed E-state index contributed by atoms with van der Waals surface area (Å²) < 4.78 is 5.64. The second-order valence-electron chi connectivity index (χ2n) is 22.2. The van der Waals surface area contributed by atoms with Crippen LogP contribution in [0.1, 0.15) is 131 Å². The average molecular weight is 811 g/mol. The third kappa shape index (κ3) is 5.92. The predicted molar refractivity (Wildman–Crippen MR) is 263 cm³/mol. The highest BCUT2D eigenvalue weighted by Crippen LogP contribution is 2.53. The van der Waals surface area contributed by atoms with Gasteiger partial charge >= 0.3 is 0 Å². The molecule has 1 aliphatic carbocycles. The van der Waals surface area contributed by atoms with Crippen LogP contribution in [-0.4, -0.2) is 6.71 Å². The van der Waals surface area contributed by atoms with E-state index in [4.69, 9.17) is 0 Å². The van der Waals surface area contributed by atoms with E-state index in [1.54, 1.807) is 0 Å². The molecule has 2 aliphatic heterocycles. The molecule has 0 fully saturated rings. The maximum Gasteiger partial charge on any atom is 0.277 e. The van der Waals surface area contributed by atoms with Gasteiger partial charge in [0, 0.05) is 52.5 Å². The monoisotopic (exact) mass is 810 g/mol. The van der Waals surface area contributed by atoms with E-state index in [0.717, 1.165) is 0 Å². The molecular weight excluding hydrogens is 752 g/mol. The zero-order chi connectivity index (χ0) is 41.8. The Bertz CT molecular complexity index is 2850. The fraction of sp³-hybridized carbons (Fsp3) is 0.370. The van der Waals surface area contributed by atoms with Crippen molar-refractivity contribution < 1.29 is 0 Å². The first-order valence-electron chi connectivity index (χ1n) is 21.8. The van der Waals surface area contributed by atoms with E-state index in [0.29, 0.717) is 0 Å². The van der Waals surface area contributed by atoms with E-state index in [1.165, 1.54) is 110 Å². The Morgan fingerprint density at radius 3 is 1.42 bits per heavy atom. The van der Waals surface area contributed by atoms with E-state index in [2.05, 4.69) is 197 Å². The maximum atomic E-state index is 2.66. The third-order valence-corrected chi connectivity index (χ3v) is 16.4. The molecule has 4 heterocycles. The van der Waals surface area contributed by atoms with Gasteiger partial charge in [0.1, 0.15) is 0 Å². The van der Waals surface area contributed by atoms with Gasteiger partial charge < -0.3 is 9.80 Å². The predicted octanol–water partition coefficient (Wildman–Crippen LogP) is 14.4. The lowest BCUT2D eigenvalue weighted by Crippen LogP contribution is -2.59. The van der Waals surface area contributed by atoms with Crippen LogP contribution in [0.4, 0.5) is 34.1 Å². The highest BCUT2D eigenvalue weighted by atomic mass is 32.1. The third-order valence-electron chi connectivity index (χ3n) is 14.0. The molecule has 7 aromatic rings. The number of thiophene rings is 2. The van der Waals surface area contributed by atoms with Crippen molar-refractivity contribution in [3.63, 3.8) is 0 Å². The van der Waals surface area contributed by atoms with Crippen molar-refractivity contribution in [3.8, 4) is 0 Å². The number of fused-ring (bicyclic) bond motifs is 9. The molecule has 0 N–H and O–H groups in total. The number of nitrogens with zero attached hydrogens (tertiary/aromatic N) is 2. The molecule has 5 heteroatoms. The lowest BCUT2D eigenvalue weighted by molar-refractivity contribution is 0.332. The minimum absolute atomic E-state index is 0.0582. The van der Waals surface area contributed by atoms with Crippen molar-refractivity contribution >= 4 is 98.7 Å². The number of hydrogen-bond donors (Lipinski definition) is 0. The summed E-state index contributed by atoms with van der Waals surface area (Å²) in [6, 6.07) is 38.6. The average Bonchev–Trinajstić information content (AvgIpc) is 3.74. The summed E-state index contributed by atoms with van der Waals surface area (Å²) >= 11 is 4.04. The van der Waals surface area contributed by atoms with Crippen LogP contribution in [0.5, 0.6) is 0 Å². The first-order valence-corrected chi connectivity index (χ1v) is 23.4. The molecule has 0 saturated carbocycles. The molecule has 0 spiro atoms. The minimum atomic E-state index is 0.0582. The van der Waals surface area contributed by atoms with Gasteiger partial charge in [-0.3, -0.25) is 0 Å². The van der Waals surface area contributed by atoms with Crippen molar-refractivity contribution in [2.24, 2.45) is 0 Å². The van der Waals surface area contributed by atoms with Crippen LogP contribution in [0, 0.1) is 0 Å². The van der Waals surface area contributed by atoms with Gasteiger partial charge in [-0.25, -0.2) is 0 Å². The topological polar surface area (TPSA) is 6.48 Å². The van der Waals surface area contributed by atoms with Gasteiger partial charge in [-0.05, 0) is 122 Å². The summed E-state index contributed by atoms with van der Waals surface area (Å²) in [6.07, 6.45) is 2.40. The van der Waals surface area contributed by atoms with Gasteiger partial charge in [-0.2, -0.15) is 0 Å². The summed E-state index contributed by atoms with van der Waals surface area (Å²) in [4.78, 5) is 5.27. The largest absolute Gasteiger partial charge is 0.310 e. The van der Waals surface area contributed by atoms with Crippen LogP contribution in [-0.2, 0) is 27.1 Å². The Hall–Kier alpha value is -4.32. The van der Waals surface area contributed by atoms with Crippen LogP contribution in [0.15, 0.2) is 97.1 Å². The molecule has 300 valence electrons. The molecule has 59 heavy (non-hydrogen) atoms. The number of rotatable bonds is 2. The second-order valence-corrected chi connectivity index (χ2v) is 24.3. The van der Waals surface area contributed by atoms with Crippen LogP contribution in [0.3, 0.4) is 0 Å². The van der Waals surface area contributed by atoms with Gasteiger partial charge in [0.15, 0.2) is 0 Å². The van der Waals surface area contributed by atoms with Crippen LogP contribution in [0.2, 0.25) is 0 Å². The van der Waals surface area contributed by atoms with Crippen LogP contribution in [0.25, 0.3) is 20.2 Å². The Kier molecular flexibility index (Phi) is 8.31. The van der Waals surface area contributed by atoms with Gasteiger partial charge in [-0.15, -0.1) is 22.7 Å². The number of benzene rings is 5. The van der Waals surface area contributed by atoms with Crippen molar-refractivity contribution in [3.05, 3.63) is 125 Å². The lowest BCUT2D eigenvalue weighted by atomic mass is 9.39. The summed E-state index contributed by atoms with van der Waals surface area (Å²) in [6.45, 7) is 30.8. The van der Waals surface area contributed by atoms with Crippen molar-refractivity contribution in [2.45, 2.75) is 130 Å². The first kappa shape index (κ1) is 38.9. The Labute approximate surface area is 361 Å². The van der Waals surface area contributed by atoms with Crippen LogP contribution < -0.4 is 24.8 Å². The molecule has 0 unspecified atom stereocenters. The summed E-state index contributed by atoms with van der Waals surface area (Å²) in [7, 11) is 0. The van der Waals surface area contributed by atoms with Gasteiger partial charge in [-0.1, -0.05) is 139 Å². The van der Waals surface area contributed by atoms with E-state index in [-0.39, 0.29) is 33.8 Å². The van der Waals surface area contributed by atoms with Gasteiger partial charge in [0.25, 0.3) is 6.71 Å². The zero-order valence-electron chi connectivity index (χ0n) is 37.4. The molecule has 0 radical (unpaired) electrons. The quantitative estimate of drug-likeness (QED) is 0.161. The van der Waals surface area contributed by atoms with E-state index in [9.17, 15) is 0 Å². The summed E-state index contributed by atoms with van der Waals surface area (Å²) in [5, 5.41) is 2.69. The fourth-order valence-electron chi connectivity index (χ4n) is 10.2. The van der Waals surface area contributed by atoms with E-state index in [1.807, 2.05) is 22.7 Å². The molecule has 10 rings (SSSR count). The molecule has 3 aliphatic rings. The second kappa shape index (κ2) is 12.6. The standard InChI is InChI=1S/C54H59BN2S2/c1-50(2,3)32-17-21-35(22-18-32)56-41-15-14-16-42-45(41)55(48-46(56)37-24-19-33(51(4,5)6)29-43(37)58-48)49-47(38-25-20-34(52(7,8)9)30-44(38)59-49)57(42)36-23-26-39-40(31-36)54(12,13)28-27-53(39,10)11/h14-26,29-31H,27-28H2,1-13H3. The minimum Gasteiger partial charge on any atom is -0.310 e. The number of hydrogen-bond acceptors (Lipinski definition) is 4. The first-order chi connectivity index (χ1) is 27.6. The van der Waals surface area contributed by atoms with E-state index >= 15 is 0 Å². The highest BCUT2D eigenvalue weighted by Gasteiger charge is 2.47. The highest BCUT2D eigenvalue weighted by molar-refractivity contribution is 7.40. The Balaban J connectivity index is 1.30. The maximum absolute atomic E-state index is 2.66. The van der Waals surface area contributed by atoms with E-state index < -0.39 is 0 Å². The molecule has 0 amide bonds. The molecule has 0 saturated heterocycles. The Morgan fingerprint density at radius 1 is 0.492 bits per heavy atom. The molecule has 0 bridgehead atoms. The molecule has 5 aromatic carbocycles. The molecular formula is C54H59BN2S2. The molecule has 2 aromatic heterocycles. The Morgan fingerprint density at radius 2 is 0.932 bits per heavy atom.